The standard InChI is InChI=1S/C16H10F3N5O3/c17-16(18,19)14-22-15(24-23-14)21-13(25)12-6-5-10(27-12)8-26-11-4-2-1-3-9(11)7-20/h1-6H,8H2,(H2,21,22,23,24,25). The molecule has 3 rings (SSSR count). The van der Waals surface area contributed by atoms with E-state index in [-0.39, 0.29) is 18.1 Å². The Morgan fingerprint density at radius 2 is 2.07 bits per heavy atom. The molecule has 11 heteroatoms. The van der Waals surface area contributed by atoms with Crippen molar-refractivity contribution in [3.05, 3.63) is 59.3 Å². The SMILES string of the molecule is N#Cc1ccccc1OCc1ccc(C(=O)Nc2n[nH]c(C(F)(F)F)n2)o1. The average Bonchev–Trinajstić information content (AvgIpc) is 3.29. The molecule has 0 saturated carbocycles. The average molecular weight is 377 g/mol. The number of aromatic amines is 1. The normalized spacial score (nSPS) is 11.0. The number of nitrogens with one attached hydrogen (secondary N) is 2. The third kappa shape index (κ3) is 4.24. The zero-order valence-electron chi connectivity index (χ0n) is 13.4. The van der Waals surface area contributed by atoms with Gasteiger partial charge in [-0.15, -0.1) is 5.10 Å². The number of rotatable bonds is 5. The summed E-state index contributed by atoms with van der Waals surface area (Å²) in [6, 6.07) is 11.3. The Morgan fingerprint density at radius 3 is 2.78 bits per heavy atom. The van der Waals surface area contributed by atoms with E-state index in [1.807, 2.05) is 6.07 Å². The predicted octanol–water partition coefficient (Wildman–Crippen LogP) is 3.12. The molecule has 2 N–H and O–H groups in total. The summed E-state index contributed by atoms with van der Waals surface area (Å²) in [4.78, 5) is 15.1. The fraction of sp³-hybridized carbons (Fsp3) is 0.125. The van der Waals surface area contributed by atoms with Crippen LogP contribution >= 0.6 is 0 Å². The van der Waals surface area contributed by atoms with Gasteiger partial charge in [0.25, 0.3) is 5.91 Å². The second-order valence-corrected chi connectivity index (χ2v) is 5.12. The van der Waals surface area contributed by atoms with E-state index < -0.39 is 23.9 Å². The molecule has 8 nitrogen and oxygen atoms in total. The van der Waals surface area contributed by atoms with Crippen LogP contribution in [0.3, 0.4) is 0 Å². The maximum Gasteiger partial charge on any atom is 0.451 e. The van der Waals surface area contributed by atoms with Crippen molar-refractivity contribution in [1.82, 2.24) is 15.2 Å². The van der Waals surface area contributed by atoms with E-state index in [9.17, 15) is 18.0 Å². The first kappa shape index (κ1) is 18.0. The van der Waals surface area contributed by atoms with Crippen molar-refractivity contribution in [2.24, 2.45) is 0 Å². The molecule has 0 aliphatic rings. The minimum atomic E-state index is -4.70. The monoisotopic (exact) mass is 377 g/mol. The molecule has 0 aliphatic carbocycles. The zero-order chi connectivity index (χ0) is 19.4. The molecule has 3 aromatic rings. The summed E-state index contributed by atoms with van der Waals surface area (Å²) in [5, 5.41) is 16.0. The molecule has 0 atom stereocenters. The smallest absolute Gasteiger partial charge is 0.451 e. The second-order valence-electron chi connectivity index (χ2n) is 5.12. The van der Waals surface area contributed by atoms with E-state index in [1.165, 1.54) is 12.1 Å². The van der Waals surface area contributed by atoms with Crippen LogP contribution in [0.1, 0.15) is 27.7 Å². The van der Waals surface area contributed by atoms with Gasteiger partial charge in [0.2, 0.25) is 11.8 Å². The van der Waals surface area contributed by atoms with Crippen LogP contribution in [0.5, 0.6) is 5.75 Å². The van der Waals surface area contributed by atoms with E-state index in [2.05, 4.69) is 15.4 Å². The molecular formula is C16H10F3N5O3. The third-order valence-corrected chi connectivity index (χ3v) is 3.24. The van der Waals surface area contributed by atoms with Crippen LogP contribution in [0, 0.1) is 11.3 Å². The summed E-state index contributed by atoms with van der Waals surface area (Å²) >= 11 is 0. The lowest BCUT2D eigenvalue weighted by Crippen LogP contribution is -2.12. The number of halogens is 3. The molecular weight excluding hydrogens is 367 g/mol. The summed E-state index contributed by atoms with van der Waals surface area (Å²) < 4.78 is 48.1. The van der Waals surface area contributed by atoms with Crippen LogP contribution in [0.2, 0.25) is 0 Å². The van der Waals surface area contributed by atoms with Gasteiger partial charge in [-0.2, -0.15) is 23.4 Å². The Kier molecular flexibility index (Phi) is 4.80. The molecule has 0 unspecified atom stereocenters. The van der Waals surface area contributed by atoms with Crippen molar-refractivity contribution in [2.45, 2.75) is 12.8 Å². The zero-order valence-corrected chi connectivity index (χ0v) is 13.4. The molecule has 0 aliphatic heterocycles. The van der Waals surface area contributed by atoms with Crippen molar-refractivity contribution in [3.63, 3.8) is 0 Å². The lowest BCUT2D eigenvalue weighted by atomic mass is 10.2. The van der Waals surface area contributed by atoms with Crippen molar-refractivity contribution in [3.8, 4) is 11.8 Å². The number of nitrogens with zero attached hydrogens (tertiary/aromatic N) is 3. The quantitative estimate of drug-likeness (QED) is 0.706. The van der Waals surface area contributed by atoms with E-state index in [0.717, 1.165) is 0 Å². The second kappa shape index (κ2) is 7.20. The highest BCUT2D eigenvalue weighted by molar-refractivity contribution is 6.01. The van der Waals surface area contributed by atoms with Crippen molar-refractivity contribution in [2.75, 3.05) is 5.32 Å². The fourth-order valence-corrected chi connectivity index (χ4v) is 2.02. The van der Waals surface area contributed by atoms with Gasteiger partial charge in [-0.25, -0.2) is 0 Å². The van der Waals surface area contributed by atoms with Crippen molar-refractivity contribution in [1.29, 1.82) is 5.26 Å². The Balaban J connectivity index is 1.62. The predicted molar refractivity (Wildman–Crippen MR) is 83.5 cm³/mol. The van der Waals surface area contributed by atoms with Crippen LogP contribution in [0.4, 0.5) is 19.1 Å². The number of hydrogen-bond acceptors (Lipinski definition) is 6. The Hall–Kier alpha value is -3.81. The topological polar surface area (TPSA) is 117 Å². The summed E-state index contributed by atoms with van der Waals surface area (Å²) in [5.74, 6) is -2.24. The summed E-state index contributed by atoms with van der Waals surface area (Å²) in [7, 11) is 0. The van der Waals surface area contributed by atoms with Crippen LogP contribution in [-0.2, 0) is 12.8 Å². The number of alkyl halides is 3. The van der Waals surface area contributed by atoms with Gasteiger partial charge in [0, 0.05) is 0 Å². The van der Waals surface area contributed by atoms with Crippen LogP contribution in [0.15, 0.2) is 40.8 Å². The molecule has 2 heterocycles. The highest BCUT2D eigenvalue weighted by Crippen LogP contribution is 2.26. The van der Waals surface area contributed by atoms with Gasteiger partial charge >= 0.3 is 6.18 Å². The van der Waals surface area contributed by atoms with Crippen molar-refractivity contribution < 1.29 is 27.1 Å². The summed E-state index contributed by atoms with van der Waals surface area (Å²) in [6.07, 6.45) is -4.70. The van der Waals surface area contributed by atoms with Gasteiger partial charge in [-0.3, -0.25) is 15.2 Å². The van der Waals surface area contributed by atoms with E-state index >= 15 is 0 Å². The number of benzene rings is 1. The number of H-pyrrole nitrogens is 1. The van der Waals surface area contributed by atoms with Gasteiger partial charge in [0.05, 0.1) is 5.56 Å². The number of carbonyl (C=O) groups excluding carboxylic acids is 1. The van der Waals surface area contributed by atoms with Gasteiger partial charge in [0.1, 0.15) is 24.2 Å². The van der Waals surface area contributed by atoms with Gasteiger partial charge in [-0.1, -0.05) is 12.1 Å². The Morgan fingerprint density at radius 1 is 1.30 bits per heavy atom. The van der Waals surface area contributed by atoms with Crippen LogP contribution in [-0.4, -0.2) is 21.1 Å². The molecule has 0 bridgehead atoms. The molecule has 0 fully saturated rings. The lowest BCUT2D eigenvalue weighted by molar-refractivity contribution is -0.144. The highest BCUT2D eigenvalue weighted by atomic mass is 19.4. The number of hydrogen-bond donors (Lipinski definition) is 2. The molecule has 2 aromatic heterocycles. The van der Waals surface area contributed by atoms with Gasteiger partial charge in [-0.05, 0) is 24.3 Å². The van der Waals surface area contributed by atoms with E-state index in [0.29, 0.717) is 11.3 Å². The molecule has 0 saturated heterocycles. The summed E-state index contributed by atoms with van der Waals surface area (Å²) in [6.45, 7) is -0.0507. The Labute approximate surface area is 149 Å². The van der Waals surface area contributed by atoms with Gasteiger partial charge in [0.15, 0.2) is 5.76 Å². The maximum atomic E-state index is 12.4. The minimum Gasteiger partial charge on any atom is -0.484 e. The van der Waals surface area contributed by atoms with E-state index in [1.54, 1.807) is 29.4 Å². The first-order valence-corrected chi connectivity index (χ1v) is 7.38. The Bertz CT molecular complexity index is 1000. The number of aromatic nitrogens is 3. The van der Waals surface area contributed by atoms with Crippen molar-refractivity contribution >= 4 is 11.9 Å². The van der Waals surface area contributed by atoms with Crippen LogP contribution < -0.4 is 10.1 Å². The highest BCUT2D eigenvalue weighted by Gasteiger charge is 2.35. The molecule has 1 amide bonds. The molecule has 27 heavy (non-hydrogen) atoms. The van der Waals surface area contributed by atoms with Crippen LogP contribution in [0.25, 0.3) is 0 Å². The lowest BCUT2D eigenvalue weighted by Gasteiger charge is -2.05. The minimum absolute atomic E-state index is 0.0507. The number of nitriles is 1. The van der Waals surface area contributed by atoms with Gasteiger partial charge < -0.3 is 9.15 Å². The maximum absolute atomic E-state index is 12.4. The first-order chi connectivity index (χ1) is 12.9. The number of para-hydroxylation sites is 1. The number of ether oxygens (including phenoxy) is 1. The number of carbonyl (C=O) groups is 1. The number of furan rings is 1. The van der Waals surface area contributed by atoms with E-state index in [4.69, 9.17) is 14.4 Å². The molecule has 138 valence electrons. The third-order valence-electron chi connectivity index (χ3n) is 3.24. The number of anilines is 1. The largest absolute Gasteiger partial charge is 0.484 e. The summed E-state index contributed by atoms with van der Waals surface area (Å²) in [5.41, 5.74) is 0.340. The fourth-order valence-electron chi connectivity index (χ4n) is 2.02. The molecule has 1 aromatic carbocycles. The number of amides is 1. The molecule has 0 spiro atoms. The molecule has 0 radical (unpaired) electrons. The first-order valence-electron chi connectivity index (χ1n) is 7.38.